The molecule has 0 fully saturated rings. The van der Waals surface area contributed by atoms with E-state index in [2.05, 4.69) is 48.0 Å². The molecule has 124 valence electrons. The molecule has 0 heterocycles. The summed E-state index contributed by atoms with van der Waals surface area (Å²) in [6.45, 7) is 8.41. The Hall–Kier alpha value is -0.190. The van der Waals surface area contributed by atoms with E-state index in [-0.39, 0.29) is 24.1 Å². The third kappa shape index (κ3) is 4.01. The highest BCUT2D eigenvalue weighted by Gasteiger charge is 2.39. The van der Waals surface area contributed by atoms with Crippen molar-refractivity contribution in [3.05, 3.63) is 34.9 Å². The molecule has 1 aromatic rings. The maximum Gasteiger partial charge on any atom is 0.475 e. The maximum atomic E-state index is 12.7. The molecule has 0 saturated carbocycles. The molecular formula is C16H24BrO4P. The zero-order valence-corrected chi connectivity index (χ0v) is 16.0. The van der Waals surface area contributed by atoms with Crippen LogP contribution in [0.1, 0.15) is 55.9 Å². The number of rotatable bonds is 6. The summed E-state index contributed by atoms with van der Waals surface area (Å²) < 4.78 is 29.1. The van der Waals surface area contributed by atoms with Gasteiger partial charge in [0.05, 0.1) is 13.2 Å². The normalized spacial score (nSPS) is 25.0. The minimum atomic E-state index is -3.54. The Balaban J connectivity index is 2.34. The van der Waals surface area contributed by atoms with Crippen LogP contribution < -0.4 is 0 Å². The first kappa shape index (κ1) is 18.2. The molecule has 0 bridgehead atoms. The van der Waals surface area contributed by atoms with E-state index in [9.17, 15) is 4.57 Å². The second kappa shape index (κ2) is 7.59. The smallest absolute Gasteiger partial charge is 0.287 e. The molecule has 0 aliphatic heterocycles. The van der Waals surface area contributed by atoms with Crippen molar-refractivity contribution < 1.29 is 18.1 Å². The van der Waals surface area contributed by atoms with Crippen LogP contribution in [0.15, 0.2) is 18.2 Å². The van der Waals surface area contributed by atoms with Gasteiger partial charge in [0.1, 0.15) is 6.10 Å². The van der Waals surface area contributed by atoms with Gasteiger partial charge in [0.2, 0.25) is 0 Å². The molecule has 2 rings (SSSR count). The fourth-order valence-corrected chi connectivity index (χ4v) is 5.33. The first-order valence-corrected chi connectivity index (χ1v) is 10.1. The molecule has 6 heteroatoms. The van der Waals surface area contributed by atoms with Crippen molar-refractivity contribution in [1.29, 1.82) is 0 Å². The van der Waals surface area contributed by atoms with Crippen LogP contribution in [0.5, 0.6) is 0 Å². The fourth-order valence-electron chi connectivity index (χ4n) is 2.84. The number of aryl methyl sites for hydroxylation is 1. The lowest BCUT2D eigenvalue weighted by Crippen LogP contribution is -2.25. The Morgan fingerprint density at radius 2 is 1.86 bits per heavy atom. The van der Waals surface area contributed by atoms with Gasteiger partial charge < -0.3 is 0 Å². The van der Waals surface area contributed by atoms with Gasteiger partial charge in [-0.3, -0.25) is 13.6 Å². The van der Waals surface area contributed by atoms with Crippen molar-refractivity contribution in [2.24, 2.45) is 0 Å². The third-order valence-corrected chi connectivity index (χ3v) is 6.29. The van der Waals surface area contributed by atoms with Crippen molar-refractivity contribution in [3.8, 4) is 0 Å². The summed E-state index contributed by atoms with van der Waals surface area (Å²) in [5, 5.41) is 0. The van der Waals surface area contributed by atoms with Crippen molar-refractivity contribution >= 4 is 23.8 Å². The third-order valence-electron chi connectivity index (χ3n) is 3.80. The van der Waals surface area contributed by atoms with Gasteiger partial charge in [-0.05, 0) is 44.2 Å². The van der Waals surface area contributed by atoms with Gasteiger partial charge in [0.15, 0.2) is 0 Å². The predicted octanol–water partition coefficient (Wildman–Crippen LogP) is 5.50. The standard InChI is InChI=1S/C16H24BrO4P/c1-5-19-22(18,20-6-2)21-16-13-8-7-11(3)9-14(13)12(4)10-15(16)17/h7-9,12,15-16H,5-6,10H2,1-4H3/t12-,15-,16-/m1/s1. The number of fused-ring (bicyclic) bond motifs is 1. The molecule has 22 heavy (non-hydrogen) atoms. The Morgan fingerprint density at radius 3 is 2.45 bits per heavy atom. The van der Waals surface area contributed by atoms with Gasteiger partial charge >= 0.3 is 7.82 Å². The van der Waals surface area contributed by atoms with Gasteiger partial charge in [-0.25, -0.2) is 4.57 Å². The molecule has 0 spiro atoms. The van der Waals surface area contributed by atoms with Crippen LogP contribution in [-0.2, 0) is 18.1 Å². The van der Waals surface area contributed by atoms with Gasteiger partial charge in [-0.1, -0.05) is 46.6 Å². The molecule has 0 radical (unpaired) electrons. The molecular weight excluding hydrogens is 367 g/mol. The molecule has 0 amide bonds. The van der Waals surface area contributed by atoms with Crippen LogP contribution >= 0.6 is 23.8 Å². The zero-order valence-electron chi connectivity index (χ0n) is 13.5. The summed E-state index contributed by atoms with van der Waals surface area (Å²) in [7, 11) is -3.54. The average molecular weight is 391 g/mol. The van der Waals surface area contributed by atoms with Crippen LogP contribution in [0.2, 0.25) is 0 Å². The highest BCUT2D eigenvalue weighted by Crippen LogP contribution is 2.56. The van der Waals surface area contributed by atoms with E-state index in [0.717, 1.165) is 12.0 Å². The Labute approximate surface area is 141 Å². The number of hydrogen-bond donors (Lipinski definition) is 0. The zero-order chi connectivity index (χ0) is 16.3. The highest BCUT2D eigenvalue weighted by atomic mass is 79.9. The molecule has 4 nitrogen and oxygen atoms in total. The molecule has 1 aliphatic rings. The molecule has 1 aliphatic carbocycles. The van der Waals surface area contributed by atoms with Crippen molar-refractivity contribution in [2.75, 3.05) is 13.2 Å². The number of benzene rings is 1. The van der Waals surface area contributed by atoms with E-state index in [1.807, 2.05) is 0 Å². The van der Waals surface area contributed by atoms with Gasteiger partial charge in [-0.2, -0.15) is 0 Å². The molecule has 0 unspecified atom stereocenters. The maximum absolute atomic E-state index is 12.7. The largest absolute Gasteiger partial charge is 0.475 e. The lowest BCUT2D eigenvalue weighted by molar-refractivity contribution is 0.0778. The SMILES string of the molecule is CCOP(=O)(OCC)O[C@@H]1c2ccc(C)cc2[C@H](C)C[C@H]1Br. The number of hydrogen-bond acceptors (Lipinski definition) is 4. The Kier molecular flexibility index (Phi) is 6.26. The van der Waals surface area contributed by atoms with Crippen LogP contribution in [0, 0.1) is 6.92 Å². The summed E-state index contributed by atoms with van der Waals surface area (Å²) in [6, 6.07) is 6.29. The number of phosphoric ester groups is 1. The lowest BCUT2D eigenvalue weighted by Gasteiger charge is -2.35. The summed E-state index contributed by atoms with van der Waals surface area (Å²) in [5.41, 5.74) is 3.53. The number of halogens is 1. The monoisotopic (exact) mass is 390 g/mol. The van der Waals surface area contributed by atoms with Crippen molar-refractivity contribution in [1.82, 2.24) is 0 Å². The van der Waals surface area contributed by atoms with Gasteiger partial charge in [0, 0.05) is 4.83 Å². The topological polar surface area (TPSA) is 44.8 Å². The second-order valence-electron chi connectivity index (χ2n) is 5.59. The first-order valence-electron chi connectivity index (χ1n) is 7.72. The quantitative estimate of drug-likeness (QED) is 0.474. The van der Waals surface area contributed by atoms with Gasteiger partial charge in [0.25, 0.3) is 0 Å². The van der Waals surface area contributed by atoms with E-state index in [1.165, 1.54) is 11.1 Å². The first-order chi connectivity index (χ1) is 10.4. The molecule has 0 saturated heterocycles. The van der Waals surface area contributed by atoms with E-state index >= 15 is 0 Å². The van der Waals surface area contributed by atoms with E-state index in [1.54, 1.807) is 13.8 Å². The van der Waals surface area contributed by atoms with Crippen molar-refractivity contribution in [2.45, 2.75) is 51.0 Å². The van der Waals surface area contributed by atoms with Gasteiger partial charge in [-0.15, -0.1) is 0 Å². The minimum absolute atomic E-state index is 0.0759. The summed E-state index contributed by atoms with van der Waals surface area (Å²) in [5.74, 6) is 0.428. The highest BCUT2D eigenvalue weighted by molar-refractivity contribution is 9.09. The van der Waals surface area contributed by atoms with Crippen LogP contribution in [0.25, 0.3) is 0 Å². The molecule has 0 N–H and O–H groups in total. The van der Waals surface area contributed by atoms with E-state index in [4.69, 9.17) is 13.6 Å². The molecule has 1 aromatic carbocycles. The summed E-state index contributed by atoms with van der Waals surface area (Å²) in [4.78, 5) is 0.0759. The lowest BCUT2D eigenvalue weighted by atomic mass is 9.81. The van der Waals surface area contributed by atoms with Crippen LogP contribution in [0.4, 0.5) is 0 Å². The summed E-state index contributed by atoms with van der Waals surface area (Å²) in [6.07, 6.45) is 0.579. The molecule has 3 atom stereocenters. The van der Waals surface area contributed by atoms with E-state index in [0.29, 0.717) is 5.92 Å². The number of alkyl halides is 1. The Bertz CT molecular complexity index is 553. The van der Waals surface area contributed by atoms with Crippen LogP contribution in [-0.4, -0.2) is 18.0 Å². The number of phosphoric acid groups is 1. The minimum Gasteiger partial charge on any atom is -0.287 e. The van der Waals surface area contributed by atoms with Crippen molar-refractivity contribution in [3.63, 3.8) is 0 Å². The Morgan fingerprint density at radius 1 is 1.23 bits per heavy atom. The second-order valence-corrected chi connectivity index (χ2v) is 8.39. The predicted molar refractivity (Wildman–Crippen MR) is 91.6 cm³/mol. The summed E-state index contributed by atoms with van der Waals surface area (Å²) >= 11 is 3.68. The van der Waals surface area contributed by atoms with Crippen LogP contribution in [0.3, 0.4) is 0 Å². The fraction of sp³-hybridized carbons (Fsp3) is 0.625. The van der Waals surface area contributed by atoms with E-state index < -0.39 is 7.82 Å². The average Bonchev–Trinajstić information content (AvgIpc) is 2.44. The molecule has 0 aromatic heterocycles.